The van der Waals surface area contributed by atoms with Crippen LogP contribution in [0, 0.1) is 21.4 Å². The standard InChI is InChI=1S/C16H12Cl2N2O3/c1-9(2)23-15-4-3-10(5-11(15)8-19)16-13(17)6-12(20(21)22)7-14(16)18/h3-7,9H,1-2H3. The summed E-state index contributed by atoms with van der Waals surface area (Å²) >= 11 is 12.3. The molecule has 0 radical (unpaired) electrons. The van der Waals surface area contributed by atoms with Crippen LogP contribution in [0.1, 0.15) is 19.4 Å². The molecule has 0 N–H and O–H groups in total. The molecule has 0 saturated heterocycles. The van der Waals surface area contributed by atoms with Crippen LogP contribution in [0.2, 0.25) is 10.0 Å². The molecule has 0 aliphatic carbocycles. The quantitative estimate of drug-likeness (QED) is 0.558. The van der Waals surface area contributed by atoms with Crippen molar-refractivity contribution in [2.24, 2.45) is 0 Å². The SMILES string of the molecule is CC(C)Oc1ccc(-c2c(Cl)cc([N+](=O)[O-])cc2Cl)cc1C#N. The molecule has 0 heterocycles. The van der Waals surface area contributed by atoms with Crippen LogP contribution in [0.15, 0.2) is 30.3 Å². The Morgan fingerprint density at radius 2 is 1.83 bits per heavy atom. The highest BCUT2D eigenvalue weighted by molar-refractivity contribution is 6.39. The van der Waals surface area contributed by atoms with Gasteiger partial charge in [-0.25, -0.2) is 0 Å². The molecule has 2 aromatic carbocycles. The number of halogens is 2. The molecule has 118 valence electrons. The van der Waals surface area contributed by atoms with Crippen molar-refractivity contribution in [2.75, 3.05) is 0 Å². The smallest absolute Gasteiger partial charge is 0.272 e. The van der Waals surface area contributed by atoms with Gasteiger partial charge in [0.05, 0.1) is 26.6 Å². The molecule has 23 heavy (non-hydrogen) atoms. The van der Waals surface area contributed by atoms with Gasteiger partial charge in [0.15, 0.2) is 0 Å². The van der Waals surface area contributed by atoms with Gasteiger partial charge in [0.25, 0.3) is 5.69 Å². The molecule has 0 amide bonds. The Kier molecular flexibility index (Phi) is 5.09. The lowest BCUT2D eigenvalue weighted by molar-refractivity contribution is -0.384. The van der Waals surface area contributed by atoms with E-state index in [9.17, 15) is 15.4 Å². The van der Waals surface area contributed by atoms with Gasteiger partial charge in [-0.3, -0.25) is 10.1 Å². The third-order valence-corrected chi connectivity index (χ3v) is 3.59. The number of non-ortho nitro benzene ring substituents is 1. The van der Waals surface area contributed by atoms with E-state index in [0.717, 1.165) is 0 Å². The maximum atomic E-state index is 10.8. The molecule has 0 aromatic heterocycles. The second kappa shape index (κ2) is 6.86. The molecule has 5 nitrogen and oxygen atoms in total. The Labute approximate surface area is 143 Å². The molecule has 0 bridgehead atoms. The fourth-order valence-corrected chi connectivity index (χ4v) is 2.76. The van der Waals surface area contributed by atoms with E-state index in [4.69, 9.17) is 27.9 Å². The zero-order valence-corrected chi connectivity index (χ0v) is 13.9. The minimum absolute atomic E-state index is 0.0699. The molecule has 0 unspecified atom stereocenters. The third kappa shape index (κ3) is 3.73. The Morgan fingerprint density at radius 1 is 1.22 bits per heavy atom. The fourth-order valence-electron chi connectivity index (χ4n) is 2.07. The Morgan fingerprint density at radius 3 is 2.30 bits per heavy atom. The summed E-state index contributed by atoms with van der Waals surface area (Å²) in [5.74, 6) is 0.459. The van der Waals surface area contributed by atoms with E-state index in [1.165, 1.54) is 12.1 Å². The number of ether oxygens (including phenoxy) is 1. The van der Waals surface area contributed by atoms with Crippen LogP contribution in [-0.2, 0) is 0 Å². The van der Waals surface area contributed by atoms with Crippen LogP contribution < -0.4 is 4.74 Å². The van der Waals surface area contributed by atoms with Crippen molar-refractivity contribution in [1.82, 2.24) is 0 Å². The lowest BCUT2D eigenvalue weighted by Crippen LogP contribution is -2.06. The van der Waals surface area contributed by atoms with E-state index in [2.05, 4.69) is 6.07 Å². The van der Waals surface area contributed by atoms with Crippen LogP contribution >= 0.6 is 23.2 Å². The number of rotatable bonds is 4. The van der Waals surface area contributed by atoms with Gasteiger partial charge in [0.1, 0.15) is 11.8 Å². The Hall–Kier alpha value is -2.29. The first kappa shape index (κ1) is 17.1. The fraction of sp³-hybridized carbons (Fsp3) is 0.188. The maximum absolute atomic E-state index is 10.8. The molecule has 2 rings (SSSR count). The summed E-state index contributed by atoms with van der Waals surface area (Å²) in [5, 5.41) is 20.4. The first-order chi connectivity index (χ1) is 10.8. The summed E-state index contributed by atoms with van der Waals surface area (Å²) in [6.07, 6.45) is -0.0699. The van der Waals surface area contributed by atoms with Crippen LogP contribution in [0.25, 0.3) is 11.1 Å². The topological polar surface area (TPSA) is 76.2 Å². The normalized spacial score (nSPS) is 10.4. The van der Waals surface area contributed by atoms with Gasteiger partial charge < -0.3 is 4.74 Å². The summed E-state index contributed by atoms with van der Waals surface area (Å²) in [5.41, 5.74) is 1.17. The zero-order valence-electron chi connectivity index (χ0n) is 12.3. The van der Waals surface area contributed by atoms with Crippen molar-refractivity contribution in [3.05, 3.63) is 56.1 Å². The predicted molar refractivity (Wildman–Crippen MR) is 89.0 cm³/mol. The van der Waals surface area contributed by atoms with Gasteiger partial charge in [-0.15, -0.1) is 0 Å². The average molecular weight is 351 g/mol. The number of nitrogens with zero attached hydrogens (tertiary/aromatic N) is 2. The van der Waals surface area contributed by atoms with E-state index in [-0.39, 0.29) is 21.8 Å². The summed E-state index contributed by atoms with van der Waals surface area (Å²) in [6, 6.07) is 9.47. The maximum Gasteiger partial charge on any atom is 0.272 e. The first-order valence-electron chi connectivity index (χ1n) is 6.68. The summed E-state index contributed by atoms with van der Waals surface area (Å²) in [6.45, 7) is 3.72. The molecule has 0 aliphatic rings. The zero-order chi connectivity index (χ0) is 17.1. The molecular weight excluding hydrogens is 339 g/mol. The molecule has 2 aromatic rings. The Balaban J connectivity index is 2.55. The molecule has 0 saturated carbocycles. The van der Waals surface area contributed by atoms with Crippen molar-refractivity contribution in [2.45, 2.75) is 20.0 Å². The summed E-state index contributed by atoms with van der Waals surface area (Å²) in [7, 11) is 0. The van der Waals surface area contributed by atoms with Crippen molar-refractivity contribution in [3.8, 4) is 22.9 Å². The number of nitro benzene ring substituents is 1. The number of hydrogen-bond donors (Lipinski definition) is 0. The van der Waals surface area contributed by atoms with Crippen LogP contribution in [-0.4, -0.2) is 11.0 Å². The van der Waals surface area contributed by atoms with Gasteiger partial charge in [0.2, 0.25) is 0 Å². The number of hydrogen-bond acceptors (Lipinski definition) is 4. The van der Waals surface area contributed by atoms with Crippen LogP contribution in [0.3, 0.4) is 0 Å². The van der Waals surface area contributed by atoms with E-state index in [1.54, 1.807) is 18.2 Å². The number of nitriles is 1. The van der Waals surface area contributed by atoms with Gasteiger partial charge in [-0.05, 0) is 31.5 Å². The van der Waals surface area contributed by atoms with Crippen molar-refractivity contribution in [3.63, 3.8) is 0 Å². The minimum Gasteiger partial charge on any atom is -0.490 e. The highest BCUT2D eigenvalue weighted by Gasteiger charge is 2.17. The minimum atomic E-state index is -0.568. The van der Waals surface area contributed by atoms with Crippen LogP contribution in [0.5, 0.6) is 5.75 Å². The average Bonchev–Trinajstić information content (AvgIpc) is 2.47. The third-order valence-electron chi connectivity index (χ3n) is 2.99. The second-order valence-corrected chi connectivity index (χ2v) is 5.85. The summed E-state index contributed by atoms with van der Waals surface area (Å²) in [4.78, 5) is 10.3. The number of nitro groups is 1. The van der Waals surface area contributed by atoms with E-state index in [0.29, 0.717) is 22.4 Å². The van der Waals surface area contributed by atoms with E-state index >= 15 is 0 Å². The van der Waals surface area contributed by atoms with Gasteiger partial charge in [0, 0.05) is 17.7 Å². The molecular formula is C16H12Cl2N2O3. The van der Waals surface area contributed by atoms with Gasteiger partial charge >= 0.3 is 0 Å². The first-order valence-corrected chi connectivity index (χ1v) is 7.43. The molecule has 0 fully saturated rings. The van der Waals surface area contributed by atoms with Crippen molar-refractivity contribution < 1.29 is 9.66 Å². The highest BCUT2D eigenvalue weighted by atomic mass is 35.5. The van der Waals surface area contributed by atoms with Gasteiger partial charge in [-0.2, -0.15) is 5.26 Å². The highest BCUT2D eigenvalue weighted by Crippen LogP contribution is 2.39. The molecule has 0 aliphatic heterocycles. The van der Waals surface area contributed by atoms with E-state index < -0.39 is 4.92 Å². The number of benzene rings is 2. The van der Waals surface area contributed by atoms with Gasteiger partial charge in [-0.1, -0.05) is 29.3 Å². The lowest BCUT2D eigenvalue weighted by Gasteiger charge is -2.13. The monoisotopic (exact) mass is 350 g/mol. The second-order valence-electron chi connectivity index (χ2n) is 5.03. The largest absolute Gasteiger partial charge is 0.490 e. The van der Waals surface area contributed by atoms with Crippen molar-refractivity contribution >= 4 is 28.9 Å². The molecule has 7 heteroatoms. The van der Waals surface area contributed by atoms with Crippen LogP contribution in [0.4, 0.5) is 5.69 Å². The summed E-state index contributed by atoms with van der Waals surface area (Å²) < 4.78 is 5.56. The van der Waals surface area contributed by atoms with Crippen molar-refractivity contribution in [1.29, 1.82) is 5.26 Å². The lowest BCUT2D eigenvalue weighted by atomic mass is 10.0. The Bertz CT molecular complexity index is 790. The molecule has 0 atom stereocenters. The predicted octanol–water partition coefficient (Wildman–Crippen LogP) is 5.23. The van der Waals surface area contributed by atoms with E-state index in [1.807, 2.05) is 13.8 Å². The molecule has 0 spiro atoms.